The number of ether oxygens (including phenoxy) is 1. The lowest BCUT2D eigenvalue weighted by Gasteiger charge is -2.17. The van der Waals surface area contributed by atoms with Crippen molar-refractivity contribution in [1.82, 2.24) is 5.32 Å². The van der Waals surface area contributed by atoms with Crippen molar-refractivity contribution in [3.05, 3.63) is 35.9 Å². The average molecular weight is 261 g/mol. The molecule has 0 spiro atoms. The highest BCUT2D eigenvalue weighted by Crippen LogP contribution is 2.23. The van der Waals surface area contributed by atoms with E-state index in [1.165, 1.54) is 44.1 Å². The maximum absolute atomic E-state index is 5.68. The van der Waals surface area contributed by atoms with Crippen LogP contribution in [-0.4, -0.2) is 26.3 Å². The lowest BCUT2D eigenvalue weighted by molar-refractivity contribution is 0.102. The Hall–Kier alpha value is -0.860. The third kappa shape index (κ3) is 4.96. The predicted octanol–water partition coefficient (Wildman–Crippen LogP) is 3.73. The van der Waals surface area contributed by atoms with E-state index in [4.69, 9.17) is 4.74 Å². The topological polar surface area (TPSA) is 21.3 Å². The first-order valence-corrected chi connectivity index (χ1v) is 7.71. The number of likely N-dealkylation sites (N-methyl/N-ethyl adjacent to an activating group) is 1. The Kier molecular flexibility index (Phi) is 6.38. The van der Waals surface area contributed by atoms with Crippen molar-refractivity contribution in [3.63, 3.8) is 0 Å². The summed E-state index contributed by atoms with van der Waals surface area (Å²) in [6, 6.07) is 10.9. The number of benzene rings is 1. The molecular weight excluding hydrogens is 234 g/mol. The second-order valence-electron chi connectivity index (χ2n) is 5.58. The average Bonchev–Trinajstić information content (AvgIpc) is 2.96. The summed E-state index contributed by atoms with van der Waals surface area (Å²) in [5.74, 6) is 0.649. The van der Waals surface area contributed by atoms with Crippen LogP contribution in [0.5, 0.6) is 0 Å². The lowest BCUT2D eigenvalue weighted by atomic mass is 9.92. The minimum absolute atomic E-state index is 0.555. The van der Waals surface area contributed by atoms with E-state index in [9.17, 15) is 0 Å². The van der Waals surface area contributed by atoms with Crippen LogP contribution < -0.4 is 5.32 Å². The van der Waals surface area contributed by atoms with Crippen molar-refractivity contribution in [2.75, 3.05) is 20.2 Å². The molecule has 0 saturated carbocycles. The number of rotatable bonds is 8. The van der Waals surface area contributed by atoms with E-state index in [2.05, 4.69) is 35.6 Å². The van der Waals surface area contributed by atoms with Crippen molar-refractivity contribution in [1.29, 1.82) is 0 Å². The highest BCUT2D eigenvalue weighted by molar-refractivity contribution is 5.19. The summed E-state index contributed by atoms with van der Waals surface area (Å²) in [5.41, 5.74) is 1.47. The van der Waals surface area contributed by atoms with Crippen LogP contribution in [0, 0.1) is 0 Å². The zero-order valence-electron chi connectivity index (χ0n) is 12.1. The molecule has 1 N–H and O–H groups in total. The van der Waals surface area contributed by atoms with Crippen molar-refractivity contribution in [3.8, 4) is 0 Å². The minimum atomic E-state index is 0.555. The summed E-state index contributed by atoms with van der Waals surface area (Å²) in [4.78, 5) is 0. The van der Waals surface area contributed by atoms with Crippen LogP contribution in [0.1, 0.15) is 50.0 Å². The first kappa shape index (κ1) is 14.5. The molecule has 0 aliphatic carbocycles. The van der Waals surface area contributed by atoms with Crippen LogP contribution in [0.4, 0.5) is 0 Å². The normalized spacial score (nSPS) is 20.6. The Morgan fingerprint density at radius 1 is 1.26 bits per heavy atom. The summed E-state index contributed by atoms with van der Waals surface area (Å²) < 4.78 is 5.68. The molecule has 1 saturated heterocycles. The van der Waals surface area contributed by atoms with Crippen molar-refractivity contribution in [2.45, 2.75) is 50.5 Å². The molecule has 0 amide bonds. The molecule has 0 bridgehead atoms. The quantitative estimate of drug-likeness (QED) is 0.720. The predicted molar refractivity (Wildman–Crippen MR) is 80.6 cm³/mol. The third-order valence-electron chi connectivity index (χ3n) is 4.07. The molecule has 0 aromatic heterocycles. The van der Waals surface area contributed by atoms with E-state index in [-0.39, 0.29) is 0 Å². The van der Waals surface area contributed by atoms with Crippen LogP contribution >= 0.6 is 0 Å². The number of hydrogen-bond donors (Lipinski definition) is 1. The Morgan fingerprint density at radius 2 is 2.11 bits per heavy atom. The standard InChI is InChI=1S/C17H27NO/c1-18-14-16(15-8-3-2-4-9-15)10-5-6-11-17-12-7-13-19-17/h2-4,8-9,16-18H,5-7,10-14H2,1H3. The van der Waals surface area contributed by atoms with Gasteiger partial charge in [0.1, 0.15) is 0 Å². The van der Waals surface area contributed by atoms with E-state index < -0.39 is 0 Å². The highest BCUT2D eigenvalue weighted by Gasteiger charge is 2.15. The Bertz CT molecular complexity index is 332. The largest absolute Gasteiger partial charge is 0.378 e. The van der Waals surface area contributed by atoms with E-state index in [1.54, 1.807) is 0 Å². The third-order valence-corrected chi connectivity index (χ3v) is 4.07. The highest BCUT2D eigenvalue weighted by atomic mass is 16.5. The van der Waals surface area contributed by atoms with Gasteiger partial charge in [0.25, 0.3) is 0 Å². The maximum atomic E-state index is 5.68. The fourth-order valence-corrected chi connectivity index (χ4v) is 2.99. The smallest absolute Gasteiger partial charge is 0.0576 e. The van der Waals surface area contributed by atoms with Gasteiger partial charge in [0.2, 0.25) is 0 Å². The van der Waals surface area contributed by atoms with E-state index >= 15 is 0 Å². The van der Waals surface area contributed by atoms with Crippen molar-refractivity contribution >= 4 is 0 Å². The summed E-state index contributed by atoms with van der Waals surface area (Å²) in [6.07, 6.45) is 8.23. The zero-order chi connectivity index (χ0) is 13.3. The van der Waals surface area contributed by atoms with Gasteiger partial charge in [0.05, 0.1) is 6.10 Å². The monoisotopic (exact) mass is 261 g/mol. The van der Waals surface area contributed by atoms with Crippen molar-refractivity contribution in [2.24, 2.45) is 0 Å². The zero-order valence-corrected chi connectivity index (χ0v) is 12.1. The second-order valence-corrected chi connectivity index (χ2v) is 5.58. The number of nitrogens with one attached hydrogen (secondary N) is 1. The van der Waals surface area contributed by atoms with E-state index in [0.717, 1.165) is 13.2 Å². The fraction of sp³-hybridized carbons (Fsp3) is 0.647. The molecule has 1 aromatic carbocycles. The Morgan fingerprint density at radius 3 is 2.79 bits per heavy atom. The van der Waals surface area contributed by atoms with Gasteiger partial charge in [-0.2, -0.15) is 0 Å². The summed E-state index contributed by atoms with van der Waals surface area (Å²) in [5, 5.41) is 3.32. The van der Waals surface area contributed by atoms with E-state index in [0.29, 0.717) is 12.0 Å². The molecule has 1 aliphatic heterocycles. The maximum Gasteiger partial charge on any atom is 0.0576 e. The molecule has 2 nitrogen and oxygen atoms in total. The molecule has 0 radical (unpaired) electrons. The Labute approximate surface area is 117 Å². The van der Waals surface area contributed by atoms with Gasteiger partial charge in [0.15, 0.2) is 0 Å². The van der Waals surface area contributed by atoms with Gasteiger partial charge >= 0.3 is 0 Å². The first-order valence-electron chi connectivity index (χ1n) is 7.71. The van der Waals surface area contributed by atoms with Crippen LogP contribution in [-0.2, 0) is 4.74 Å². The molecule has 2 rings (SSSR count). The van der Waals surface area contributed by atoms with Crippen LogP contribution in [0.25, 0.3) is 0 Å². The Balaban J connectivity index is 1.71. The summed E-state index contributed by atoms with van der Waals surface area (Å²) in [6.45, 7) is 2.06. The van der Waals surface area contributed by atoms with Gasteiger partial charge in [-0.1, -0.05) is 43.2 Å². The van der Waals surface area contributed by atoms with Gasteiger partial charge in [-0.25, -0.2) is 0 Å². The van der Waals surface area contributed by atoms with Crippen LogP contribution in [0.2, 0.25) is 0 Å². The van der Waals surface area contributed by atoms with Gasteiger partial charge < -0.3 is 10.1 Å². The molecule has 19 heavy (non-hydrogen) atoms. The SMILES string of the molecule is CNCC(CCCCC1CCCO1)c1ccccc1. The molecule has 1 fully saturated rings. The van der Waals surface area contributed by atoms with Gasteiger partial charge in [-0.15, -0.1) is 0 Å². The van der Waals surface area contributed by atoms with Gasteiger partial charge in [-0.3, -0.25) is 0 Å². The molecule has 2 unspecified atom stereocenters. The number of unbranched alkanes of at least 4 members (excludes halogenated alkanes) is 1. The minimum Gasteiger partial charge on any atom is -0.378 e. The molecule has 1 aliphatic rings. The van der Waals surface area contributed by atoms with Gasteiger partial charge in [0, 0.05) is 13.2 Å². The molecule has 2 atom stereocenters. The second kappa shape index (κ2) is 8.34. The fourth-order valence-electron chi connectivity index (χ4n) is 2.99. The van der Waals surface area contributed by atoms with Crippen LogP contribution in [0.15, 0.2) is 30.3 Å². The molecule has 2 heteroatoms. The summed E-state index contributed by atoms with van der Waals surface area (Å²) >= 11 is 0. The summed E-state index contributed by atoms with van der Waals surface area (Å²) in [7, 11) is 2.04. The molecule has 1 aromatic rings. The van der Waals surface area contributed by atoms with Crippen LogP contribution in [0.3, 0.4) is 0 Å². The molecule has 1 heterocycles. The molecule has 106 valence electrons. The first-order chi connectivity index (χ1) is 9.40. The van der Waals surface area contributed by atoms with E-state index in [1.807, 2.05) is 7.05 Å². The van der Waals surface area contributed by atoms with Gasteiger partial charge in [-0.05, 0) is 44.2 Å². The van der Waals surface area contributed by atoms with Crippen molar-refractivity contribution < 1.29 is 4.74 Å². The lowest BCUT2D eigenvalue weighted by Crippen LogP contribution is -2.17. The number of hydrogen-bond acceptors (Lipinski definition) is 2. The molecular formula is C17H27NO.